The van der Waals surface area contributed by atoms with Crippen LogP contribution in [0, 0.1) is 5.92 Å². The smallest absolute Gasteiger partial charge is 0.326 e. The number of fused-ring (bicyclic) bond motifs is 1. The maximum absolute atomic E-state index is 12.5. The predicted octanol–water partition coefficient (Wildman–Crippen LogP) is 0.791. The number of amides is 1. The number of nitrogens with one attached hydrogen (secondary N) is 3. The lowest BCUT2D eigenvalue weighted by atomic mass is 9.99. The fraction of sp³-hybridized carbons (Fsp3) is 0.250. The molecule has 2 aromatic heterocycles. The Morgan fingerprint density at radius 2 is 1.81 bits per heavy atom. The number of halogens is 2. The molecule has 1 aromatic carbocycles. The highest BCUT2D eigenvalue weighted by molar-refractivity contribution is 6.33. The van der Waals surface area contributed by atoms with E-state index >= 15 is 0 Å². The minimum absolute atomic E-state index is 0.0402. The zero-order valence-corrected chi connectivity index (χ0v) is 19.8. The summed E-state index contributed by atoms with van der Waals surface area (Å²) in [4.78, 5) is 62.0. The number of nitrogens with zero attached hydrogens (tertiary/aromatic N) is 4. The molecule has 1 unspecified atom stereocenters. The second-order valence-corrected chi connectivity index (χ2v) is 8.53. The third-order valence-electron chi connectivity index (χ3n) is 4.94. The number of carbonyl (C=O) groups is 3. The fourth-order valence-electron chi connectivity index (χ4n) is 3.16. The van der Waals surface area contributed by atoms with Crippen LogP contribution in [-0.4, -0.2) is 64.5 Å². The molecule has 0 radical (unpaired) electrons. The highest BCUT2D eigenvalue weighted by Gasteiger charge is 2.29. The van der Waals surface area contributed by atoms with Crippen LogP contribution in [0.15, 0.2) is 35.3 Å². The van der Waals surface area contributed by atoms with Crippen LogP contribution in [0.2, 0.25) is 0 Å². The van der Waals surface area contributed by atoms with Gasteiger partial charge in [-0.1, -0.05) is 0 Å². The number of carbonyl (C=O) groups excluding carboxylic acids is 1. The van der Waals surface area contributed by atoms with Gasteiger partial charge in [-0.25, -0.2) is 14.8 Å². The summed E-state index contributed by atoms with van der Waals surface area (Å²) in [6.45, 7) is -0.132. The Balaban J connectivity index is 1.63. The monoisotopic (exact) mass is 538 g/mol. The van der Waals surface area contributed by atoms with Gasteiger partial charge in [0.2, 0.25) is 5.95 Å². The van der Waals surface area contributed by atoms with E-state index in [9.17, 15) is 29.4 Å². The number of aromatic nitrogens is 4. The minimum Gasteiger partial charge on any atom is -0.481 e. The Bertz CT molecular complexity index is 1330. The van der Waals surface area contributed by atoms with Crippen molar-refractivity contribution in [2.75, 3.05) is 17.6 Å². The number of hydrogen-bond acceptors (Lipinski definition) is 10. The van der Waals surface area contributed by atoms with E-state index in [1.165, 1.54) is 18.3 Å². The first-order valence-corrected chi connectivity index (χ1v) is 10.9. The molecule has 14 nitrogen and oxygen atoms in total. The zero-order chi connectivity index (χ0) is 26.4. The lowest BCUT2D eigenvalue weighted by molar-refractivity contribution is -0.144. The van der Waals surface area contributed by atoms with Crippen molar-refractivity contribution in [3.63, 3.8) is 0 Å². The summed E-state index contributed by atoms with van der Waals surface area (Å²) in [5.74, 6) is -4.71. The normalized spacial score (nSPS) is 12.8. The molecule has 0 bridgehead atoms. The van der Waals surface area contributed by atoms with Crippen molar-refractivity contribution in [1.82, 2.24) is 29.2 Å². The van der Waals surface area contributed by atoms with Gasteiger partial charge in [0.05, 0.1) is 24.4 Å². The first kappa shape index (κ1) is 26.6. The van der Waals surface area contributed by atoms with Crippen molar-refractivity contribution in [1.29, 1.82) is 0 Å². The Kier molecular flexibility index (Phi) is 8.58. The summed E-state index contributed by atoms with van der Waals surface area (Å²) in [7, 11) is 0. The van der Waals surface area contributed by atoms with Crippen LogP contribution in [0.4, 0.5) is 11.6 Å². The quantitative estimate of drug-likeness (QED) is 0.187. The first-order valence-electron chi connectivity index (χ1n) is 10.2. The lowest BCUT2D eigenvalue weighted by Crippen LogP contribution is -2.44. The second-order valence-electron chi connectivity index (χ2n) is 7.54. The van der Waals surface area contributed by atoms with Crippen molar-refractivity contribution in [3.8, 4) is 0 Å². The summed E-state index contributed by atoms with van der Waals surface area (Å²) >= 11 is 10.9. The number of H-pyrrole nitrogens is 1. The highest BCUT2D eigenvalue weighted by Crippen LogP contribution is 2.15. The van der Waals surface area contributed by atoms with Crippen LogP contribution >= 0.6 is 23.6 Å². The van der Waals surface area contributed by atoms with Gasteiger partial charge >= 0.3 is 11.9 Å². The van der Waals surface area contributed by atoms with Gasteiger partial charge in [0.25, 0.3) is 11.5 Å². The van der Waals surface area contributed by atoms with Crippen molar-refractivity contribution >= 4 is 64.2 Å². The van der Waals surface area contributed by atoms with E-state index in [1.807, 2.05) is 0 Å². The van der Waals surface area contributed by atoms with Crippen LogP contribution in [0.25, 0.3) is 11.2 Å². The topological polar surface area (TPSA) is 217 Å². The Morgan fingerprint density at radius 3 is 2.42 bits per heavy atom. The molecule has 2 heterocycles. The van der Waals surface area contributed by atoms with Gasteiger partial charge in [0.15, 0.2) is 11.2 Å². The molecule has 7 N–H and O–H groups in total. The minimum atomic E-state index is -1.48. The maximum atomic E-state index is 12.5. The summed E-state index contributed by atoms with van der Waals surface area (Å²) in [5.41, 5.74) is 6.33. The average Bonchev–Trinajstić information content (AvgIpc) is 2.81. The van der Waals surface area contributed by atoms with Crippen LogP contribution in [0.1, 0.15) is 22.5 Å². The zero-order valence-electron chi connectivity index (χ0n) is 18.3. The van der Waals surface area contributed by atoms with Crippen LogP contribution in [0.5, 0.6) is 0 Å². The van der Waals surface area contributed by atoms with Gasteiger partial charge in [-0.05, 0) is 54.2 Å². The molecule has 0 aliphatic carbocycles. The molecule has 36 heavy (non-hydrogen) atoms. The molecule has 0 aliphatic rings. The number of hydrogen-bond donors (Lipinski definition) is 6. The van der Waals surface area contributed by atoms with Crippen LogP contribution in [-0.2, 0) is 16.1 Å². The van der Waals surface area contributed by atoms with Gasteiger partial charge in [0.1, 0.15) is 6.04 Å². The van der Waals surface area contributed by atoms with Gasteiger partial charge in [-0.3, -0.25) is 19.4 Å². The molecule has 0 saturated heterocycles. The van der Waals surface area contributed by atoms with Crippen molar-refractivity contribution in [3.05, 3.63) is 52.1 Å². The fourth-order valence-corrected chi connectivity index (χ4v) is 3.49. The summed E-state index contributed by atoms with van der Waals surface area (Å²) in [6.07, 6.45) is 1.01. The number of benzene rings is 1. The van der Waals surface area contributed by atoms with Gasteiger partial charge in [0, 0.05) is 17.8 Å². The van der Waals surface area contributed by atoms with E-state index in [0.29, 0.717) is 15.3 Å². The molecule has 0 aliphatic heterocycles. The van der Waals surface area contributed by atoms with E-state index in [-0.39, 0.29) is 35.8 Å². The van der Waals surface area contributed by atoms with Gasteiger partial charge in [-0.15, -0.1) is 3.94 Å². The molecule has 1 amide bonds. The number of rotatable bonds is 11. The van der Waals surface area contributed by atoms with Gasteiger partial charge < -0.3 is 26.6 Å². The summed E-state index contributed by atoms with van der Waals surface area (Å²) in [6, 6.07) is 4.58. The molecule has 190 valence electrons. The van der Waals surface area contributed by atoms with Crippen molar-refractivity contribution in [2.45, 2.75) is 19.0 Å². The summed E-state index contributed by atoms with van der Waals surface area (Å²) in [5, 5.41) is 24.0. The molecule has 0 spiro atoms. The number of carboxylic acids is 2. The van der Waals surface area contributed by atoms with E-state index in [0.717, 1.165) is 0 Å². The van der Waals surface area contributed by atoms with E-state index in [2.05, 4.69) is 30.6 Å². The Labute approximate surface area is 212 Å². The average molecular weight is 539 g/mol. The number of aromatic amines is 1. The lowest BCUT2D eigenvalue weighted by Gasteiger charge is -2.20. The van der Waals surface area contributed by atoms with Gasteiger partial charge in [-0.2, -0.15) is 4.98 Å². The van der Waals surface area contributed by atoms with Crippen LogP contribution < -0.4 is 21.9 Å². The molecule has 3 aromatic rings. The molecule has 3 rings (SSSR count). The standard InChI is InChI=1S/C20H20Cl2N8O6/c21-30(22)8-10(18(33)34)5-13(19(35)36)27-16(31)9-1-3-11(4-2-9)24-6-12-7-25-15-14(26-12)17(32)29-20(23)28-15/h1-4,7,10,13,24H,5-6,8H2,(H,27,31)(H,33,34)(H,35,36)(H3,23,25,28,29,32)/t10?,13-/m0/s1. The predicted molar refractivity (Wildman–Crippen MR) is 129 cm³/mol. The van der Waals surface area contributed by atoms with Crippen molar-refractivity contribution in [2.24, 2.45) is 5.92 Å². The second kappa shape index (κ2) is 11.6. The molecule has 0 fully saturated rings. The Morgan fingerprint density at radius 1 is 1.11 bits per heavy atom. The molecule has 16 heteroatoms. The molecular formula is C20H20Cl2N8O6. The number of carboxylic acid groups (broad SMARTS) is 2. The third-order valence-corrected chi connectivity index (χ3v) is 5.21. The molecule has 0 saturated carbocycles. The largest absolute Gasteiger partial charge is 0.481 e. The third kappa shape index (κ3) is 7.00. The van der Waals surface area contributed by atoms with E-state index in [1.54, 1.807) is 12.1 Å². The SMILES string of the molecule is Nc1nc2ncc(CNc3ccc(C(=O)N[C@@H](CC(CN(Cl)Cl)C(=O)O)C(=O)O)cc3)nc2c(=O)[nH]1. The number of nitrogens with two attached hydrogens (primary N) is 1. The van der Waals surface area contributed by atoms with Crippen molar-refractivity contribution < 1.29 is 24.6 Å². The van der Waals surface area contributed by atoms with E-state index in [4.69, 9.17) is 29.3 Å². The van der Waals surface area contributed by atoms with Crippen LogP contribution in [0.3, 0.4) is 0 Å². The molecular weight excluding hydrogens is 519 g/mol. The van der Waals surface area contributed by atoms with E-state index < -0.39 is 41.8 Å². The first-order chi connectivity index (χ1) is 17.0. The number of nitrogen functional groups attached to an aromatic ring is 1. The Hall–Kier alpha value is -4.01. The highest BCUT2D eigenvalue weighted by atomic mass is 35.5. The molecule has 2 atom stereocenters. The summed E-state index contributed by atoms with van der Waals surface area (Å²) < 4.78 is 0.583. The number of anilines is 2. The number of aliphatic carboxylic acids is 2. The maximum Gasteiger partial charge on any atom is 0.326 e.